The van der Waals surface area contributed by atoms with Crippen molar-refractivity contribution >= 4 is 23.6 Å². The van der Waals surface area contributed by atoms with Crippen LogP contribution in [0.3, 0.4) is 0 Å². The monoisotopic (exact) mass is 596 g/mol. The summed E-state index contributed by atoms with van der Waals surface area (Å²) in [5, 5.41) is 16.3. The smallest absolute Gasteiger partial charge is 0.211 e. The van der Waals surface area contributed by atoms with Gasteiger partial charge in [0.1, 0.15) is 17.9 Å². The first-order chi connectivity index (χ1) is 21.4. The average Bonchev–Trinajstić information content (AvgIpc) is 3.64. The van der Waals surface area contributed by atoms with E-state index in [9.17, 15) is 14.3 Å². The van der Waals surface area contributed by atoms with E-state index in [1.54, 1.807) is 19.2 Å². The van der Waals surface area contributed by atoms with Gasteiger partial charge in [-0.3, -0.25) is 9.69 Å². The molecule has 0 bridgehead atoms. The standard InChI is InChI=1S/C34H37FN6O3/c1-23(43)26-5-3-4-6-27(26)28-16-25(35)8-10-31(28)44-32-17-37-21-38-33(32)41-14-12-34(20-41)11-13-40(19-34)18-24-7-9-29(39-22-42)30(15-24)36-2/h3-10,15-17,21-23,36,43H,11-14,18-20H2,1-2H3,(H,39,42). The minimum Gasteiger partial charge on any atom is -0.451 e. The topological polar surface area (TPSA) is 103 Å². The summed E-state index contributed by atoms with van der Waals surface area (Å²) in [5.41, 5.74) is 4.94. The SMILES string of the molecule is CNc1cc(CN2CCC3(CCN(c4ncncc4Oc4ccc(F)cc4-c4ccccc4C(C)O)C3)C2)ccc1NC=O. The van der Waals surface area contributed by atoms with Gasteiger partial charge in [-0.15, -0.1) is 0 Å². The third kappa shape index (κ3) is 6.09. The molecule has 3 N–H and O–H groups in total. The van der Waals surface area contributed by atoms with Crippen molar-refractivity contribution < 1.29 is 19.0 Å². The molecule has 0 radical (unpaired) electrons. The van der Waals surface area contributed by atoms with E-state index in [1.807, 2.05) is 37.4 Å². The fraction of sp³-hybridized carbons (Fsp3) is 0.324. The molecule has 4 aromatic rings. The summed E-state index contributed by atoms with van der Waals surface area (Å²) in [4.78, 5) is 24.6. The zero-order chi connectivity index (χ0) is 30.7. The van der Waals surface area contributed by atoms with E-state index in [0.29, 0.717) is 40.4 Å². The number of amides is 1. The number of carbonyl (C=O) groups is 1. The van der Waals surface area contributed by atoms with Crippen LogP contribution in [0.15, 0.2) is 73.2 Å². The number of ether oxygens (including phenoxy) is 1. The van der Waals surface area contributed by atoms with E-state index >= 15 is 0 Å². The number of benzene rings is 3. The Kier molecular flexibility index (Phi) is 8.45. The molecule has 3 aromatic carbocycles. The molecule has 2 aliphatic heterocycles. The highest BCUT2D eigenvalue weighted by atomic mass is 19.1. The fourth-order valence-electron chi connectivity index (χ4n) is 6.60. The lowest BCUT2D eigenvalue weighted by Gasteiger charge is -2.26. The second-order valence-corrected chi connectivity index (χ2v) is 11.7. The van der Waals surface area contributed by atoms with Crippen LogP contribution in [0, 0.1) is 11.2 Å². The van der Waals surface area contributed by atoms with Gasteiger partial charge in [-0.05, 0) is 73.3 Å². The molecule has 1 amide bonds. The Morgan fingerprint density at radius 1 is 1.05 bits per heavy atom. The highest BCUT2D eigenvalue weighted by Crippen LogP contribution is 2.44. The first-order valence-corrected chi connectivity index (χ1v) is 14.9. The van der Waals surface area contributed by atoms with Gasteiger partial charge >= 0.3 is 0 Å². The molecule has 228 valence electrons. The molecule has 10 heteroatoms. The molecule has 9 nitrogen and oxygen atoms in total. The zero-order valence-electron chi connectivity index (χ0n) is 25.0. The van der Waals surface area contributed by atoms with E-state index in [1.165, 1.54) is 24.0 Å². The Morgan fingerprint density at radius 3 is 2.70 bits per heavy atom. The molecule has 2 saturated heterocycles. The van der Waals surface area contributed by atoms with Gasteiger partial charge in [0, 0.05) is 44.2 Å². The van der Waals surface area contributed by atoms with Gasteiger partial charge in [0.15, 0.2) is 11.6 Å². The number of hydrogen-bond donors (Lipinski definition) is 3. The molecule has 2 unspecified atom stereocenters. The summed E-state index contributed by atoms with van der Waals surface area (Å²) in [5.74, 6) is 1.30. The van der Waals surface area contributed by atoms with Gasteiger partial charge in [-0.25, -0.2) is 14.4 Å². The number of hydrogen-bond acceptors (Lipinski definition) is 8. The second kappa shape index (κ2) is 12.6. The molecule has 0 saturated carbocycles. The molecule has 1 spiro atoms. The highest BCUT2D eigenvalue weighted by Gasteiger charge is 2.44. The minimum absolute atomic E-state index is 0.143. The number of likely N-dealkylation sites (tertiary alicyclic amines) is 1. The van der Waals surface area contributed by atoms with Crippen molar-refractivity contribution in [3.05, 3.63) is 90.1 Å². The van der Waals surface area contributed by atoms with Crippen LogP contribution < -0.4 is 20.3 Å². The van der Waals surface area contributed by atoms with E-state index in [4.69, 9.17) is 4.74 Å². The number of anilines is 3. The van der Waals surface area contributed by atoms with Crippen LogP contribution in [-0.2, 0) is 11.3 Å². The van der Waals surface area contributed by atoms with Crippen LogP contribution in [0.1, 0.15) is 37.0 Å². The van der Waals surface area contributed by atoms with Crippen molar-refractivity contribution in [2.45, 2.75) is 32.4 Å². The summed E-state index contributed by atoms with van der Waals surface area (Å²) in [6.07, 6.45) is 5.28. The van der Waals surface area contributed by atoms with Crippen LogP contribution in [0.4, 0.5) is 21.6 Å². The normalized spacial score (nSPS) is 18.9. The van der Waals surface area contributed by atoms with Crippen molar-refractivity contribution in [3.63, 3.8) is 0 Å². The van der Waals surface area contributed by atoms with E-state index in [-0.39, 0.29) is 11.2 Å². The third-order valence-electron chi connectivity index (χ3n) is 8.75. The maximum atomic E-state index is 14.5. The quantitative estimate of drug-likeness (QED) is 0.196. The van der Waals surface area contributed by atoms with Crippen molar-refractivity contribution in [2.24, 2.45) is 5.41 Å². The summed E-state index contributed by atoms with van der Waals surface area (Å²) in [6, 6.07) is 17.9. The predicted molar refractivity (Wildman–Crippen MR) is 169 cm³/mol. The Morgan fingerprint density at radius 2 is 1.89 bits per heavy atom. The van der Waals surface area contributed by atoms with Crippen LogP contribution in [0.25, 0.3) is 11.1 Å². The molecule has 6 rings (SSSR count). The fourth-order valence-corrected chi connectivity index (χ4v) is 6.60. The minimum atomic E-state index is -0.728. The van der Waals surface area contributed by atoms with Crippen molar-refractivity contribution in [1.82, 2.24) is 14.9 Å². The van der Waals surface area contributed by atoms with Gasteiger partial charge in [0.05, 0.1) is 23.7 Å². The maximum Gasteiger partial charge on any atom is 0.211 e. The van der Waals surface area contributed by atoms with Gasteiger partial charge in [-0.2, -0.15) is 0 Å². The molecule has 2 aliphatic rings. The molecule has 2 atom stereocenters. The molecule has 3 heterocycles. The largest absolute Gasteiger partial charge is 0.451 e. The van der Waals surface area contributed by atoms with Gasteiger partial charge in [0.2, 0.25) is 6.41 Å². The van der Waals surface area contributed by atoms with Crippen LogP contribution in [-0.4, -0.2) is 59.6 Å². The Balaban J connectivity index is 1.19. The zero-order valence-corrected chi connectivity index (χ0v) is 25.0. The maximum absolute atomic E-state index is 14.5. The van der Waals surface area contributed by atoms with E-state index < -0.39 is 6.10 Å². The number of nitrogens with zero attached hydrogens (tertiary/aromatic N) is 4. The number of rotatable bonds is 10. The van der Waals surface area contributed by atoms with Crippen molar-refractivity contribution in [3.8, 4) is 22.6 Å². The lowest BCUT2D eigenvalue weighted by molar-refractivity contribution is -0.105. The summed E-state index contributed by atoms with van der Waals surface area (Å²) >= 11 is 0. The van der Waals surface area contributed by atoms with Crippen molar-refractivity contribution in [2.75, 3.05) is 48.8 Å². The van der Waals surface area contributed by atoms with E-state index in [2.05, 4.69) is 42.5 Å². The van der Waals surface area contributed by atoms with Crippen LogP contribution in [0.5, 0.6) is 11.5 Å². The Labute approximate surface area is 256 Å². The molecular weight excluding hydrogens is 559 g/mol. The highest BCUT2D eigenvalue weighted by molar-refractivity contribution is 5.81. The lowest BCUT2D eigenvalue weighted by atomic mass is 9.86. The number of aliphatic hydroxyl groups excluding tert-OH is 1. The molecule has 1 aromatic heterocycles. The molecule has 2 fully saturated rings. The Bertz CT molecular complexity index is 1650. The predicted octanol–water partition coefficient (Wildman–Crippen LogP) is 5.84. The van der Waals surface area contributed by atoms with Gasteiger partial charge in [0.25, 0.3) is 0 Å². The van der Waals surface area contributed by atoms with Crippen LogP contribution >= 0.6 is 0 Å². The number of aromatic nitrogens is 2. The number of aliphatic hydroxyl groups is 1. The van der Waals surface area contributed by atoms with Gasteiger partial charge in [-0.1, -0.05) is 30.3 Å². The summed E-state index contributed by atoms with van der Waals surface area (Å²) in [6.45, 7) is 6.21. The summed E-state index contributed by atoms with van der Waals surface area (Å²) in [7, 11) is 1.85. The first-order valence-electron chi connectivity index (χ1n) is 14.9. The third-order valence-corrected chi connectivity index (χ3v) is 8.75. The number of halogens is 1. The molecule has 44 heavy (non-hydrogen) atoms. The van der Waals surface area contributed by atoms with E-state index in [0.717, 1.165) is 56.9 Å². The van der Waals surface area contributed by atoms with Gasteiger partial charge < -0.3 is 25.4 Å². The second-order valence-electron chi connectivity index (χ2n) is 11.7. The molecular formula is C34H37FN6O3. The lowest BCUT2D eigenvalue weighted by Crippen LogP contribution is -2.31. The average molecular weight is 597 g/mol. The Hall–Kier alpha value is -4.54. The molecule has 0 aliphatic carbocycles. The van der Waals surface area contributed by atoms with Crippen LogP contribution in [0.2, 0.25) is 0 Å². The number of carbonyl (C=O) groups excluding carboxylic acids is 1. The summed E-state index contributed by atoms with van der Waals surface area (Å²) < 4.78 is 20.9. The van der Waals surface area contributed by atoms with Crippen molar-refractivity contribution in [1.29, 1.82) is 0 Å². The number of nitrogens with one attached hydrogen (secondary N) is 2. The first kappa shape index (κ1) is 29.5.